The van der Waals surface area contributed by atoms with Crippen molar-refractivity contribution in [1.29, 1.82) is 0 Å². The number of hydrogen-bond donors (Lipinski definition) is 1. The van der Waals surface area contributed by atoms with Crippen LogP contribution in [0.1, 0.15) is 23.0 Å². The van der Waals surface area contributed by atoms with Gasteiger partial charge in [-0.1, -0.05) is 29.3 Å². The number of hydrogen-bond acceptors (Lipinski definition) is 5. The molecule has 3 aromatic rings. The van der Waals surface area contributed by atoms with Gasteiger partial charge in [0, 0.05) is 18.9 Å². The lowest BCUT2D eigenvalue weighted by molar-refractivity contribution is -0.137. The summed E-state index contributed by atoms with van der Waals surface area (Å²) in [6, 6.07) is 7.88. The summed E-state index contributed by atoms with van der Waals surface area (Å²) in [6.07, 6.45) is -2.06. The number of nitrogens with one attached hydrogen (secondary N) is 1. The van der Waals surface area contributed by atoms with Crippen molar-refractivity contribution in [1.82, 2.24) is 9.97 Å². The Labute approximate surface area is 197 Å². The van der Waals surface area contributed by atoms with Crippen LogP contribution in [0.2, 0.25) is 10.0 Å². The Bertz CT molecular complexity index is 1290. The number of amides is 1. The van der Waals surface area contributed by atoms with Gasteiger partial charge in [-0.3, -0.25) is 14.4 Å². The Morgan fingerprint density at radius 3 is 2.42 bits per heavy atom. The predicted octanol–water partition coefficient (Wildman–Crippen LogP) is 5.27. The quantitative estimate of drug-likeness (QED) is 0.479. The van der Waals surface area contributed by atoms with E-state index in [2.05, 4.69) is 14.7 Å². The molecular formula is C20H15Cl2F3N4O3S. The molecule has 2 aromatic heterocycles. The van der Waals surface area contributed by atoms with Crippen LogP contribution in [0.3, 0.4) is 0 Å². The Kier molecular flexibility index (Phi) is 7.15. The molecule has 0 saturated heterocycles. The number of pyridine rings is 2. The molecule has 174 valence electrons. The minimum atomic E-state index is -4.70. The van der Waals surface area contributed by atoms with Gasteiger partial charge in [0.05, 0.1) is 21.3 Å². The minimum Gasteiger partial charge on any atom is -0.292 e. The molecule has 3 rings (SSSR count). The number of halogens is 5. The summed E-state index contributed by atoms with van der Waals surface area (Å²) in [6.45, 7) is 1.88. The summed E-state index contributed by atoms with van der Waals surface area (Å²) in [5, 5.41) is -0.632. The van der Waals surface area contributed by atoms with Crippen LogP contribution in [0.5, 0.6) is 0 Å². The SMILES string of the molecule is CCN(C(=O)c1ncc(Cl)cc1NS(=O)(=O)c1ccc(C(F)(F)F)cc1Cl)c1ccccn1. The second-order valence-corrected chi connectivity index (χ2v) is 9.03. The Balaban J connectivity index is 2.01. The molecule has 0 fully saturated rings. The number of carbonyl (C=O) groups excluding carboxylic acids is 1. The first kappa shape index (κ1) is 24.7. The van der Waals surface area contributed by atoms with Gasteiger partial charge in [0.15, 0.2) is 5.69 Å². The number of alkyl halides is 3. The highest BCUT2D eigenvalue weighted by molar-refractivity contribution is 7.92. The topological polar surface area (TPSA) is 92.3 Å². The number of aromatic nitrogens is 2. The van der Waals surface area contributed by atoms with Gasteiger partial charge in [-0.15, -0.1) is 0 Å². The van der Waals surface area contributed by atoms with Crippen LogP contribution in [0.4, 0.5) is 24.7 Å². The fraction of sp³-hybridized carbons (Fsp3) is 0.150. The standard InChI is InChI=1S/C20H15Cl2F3N4O3S/c1-2-29(17-5-3-4-8-26-17)19(30)18-15(10-13(21)11-27-18)28-33(31,32)16-7-6-12(9-14(16)22)20(23,24)25/h3-11,28H,2H2,1H3. The minimum absolute atomic E-state index is 0.0173. The summed E-state index contributed by atoms with van der Waals surface area (Å²) in [5.41, 5.74) is -1.68. The summed E-state index contributed by atoms with van der Waals surface area (Å²) < 4.78 is 66.6. The highest BCUT2D eigenvalue weighted by Gasteiger charge is 2.32. The molecule has 0 unspecified atom stereocenters. The van der Waals surface area contributed by atoms with Crippen molar-refractivity contribution in [2.45, 2.75) is 18.0 Å². The fourth-order valence-corrected chi connectivity index (χ4v) is 4.59. The average molecular weight is 519 g/mol. The predicted molar refractivity (Wildman–Crippen MR) is 118 cm³/mol. The van der Waals surface area contributed by atoms with E-state index in [9.17, 15) is 26.4 Å². The van der Waals surface area contributed by atoms with E-state index in [1.807, 2.05) is 0 Å². The molecule has 0 aliphatic carbocycles. The molecule has 0 atom stereocenters. The van der Waals surface area contributed by atoms with E-state index in [1.54, 1.807) is 25.1 Å². The van der Waals surface area contributed by atoms with E-state index in [0.717, 1.165) is 18.3 Å². The number of carbonyl (C=O) groups is 1. The smallest absolute Gasteiger partial charge is 0.292 e. The zero-order valence-corrected chi connectivity index (χ0v) is 19.1. The number of nitrogens with zero attached hydrogens (tertiary/aromatic N) is 3. The van der Waals surface area contributed by atoms with Crippen molar-refractivity contribution in [3.05, 3.63) is 76.2 Å². The van der Waals surface area contributed by atoms with Crippen molar-refractivity contribution >= 4 is 50.6 Å². The maximum atomic E-state index is 13.1. The van der Waals surface area contributed by atoms with Crippen molar-refractivity contribution in [2.75, 3.05) is 16.2 Å². The Morgan fingerprint density at radius 1 is 1.12 bits per heavy atom. The van der Waals surface area contributed by atoms with Crippen molar-refractivity contribution in [2.24, 2.45) is 0 Å². The normalized spacial score (nSPS) is 11.8. The molecule has 7 nitrogen and oxygen atoms in total. The number of rotatable bonds is 6. The molecule has 33 heavy (non-hydrogen) atoms. The van der Waals surface area contributed by atoms with Crippen LogP contribution in [-0.2, 0) is 16.2 Å². The lowest BCUT2D eigenvalue weighted by Crippen LogP contribution is -2.33. The van der Waals surface area contributed by atoms with Crippen LogP contribution >= 0.6 is 23.2 Å². The fourth-order valence-electron chi connectivity index (χ4n) is 2.83. The summed E-state index contributed by atoms with van der Waals surface area (Å²) >= 11 is 11.8. The molecule has 0 spiro atoms. The van der Waals surface area contributed by atoms with E-state index in [1.165, 1.54) is 11.1 Å². The zero-order valence-electron chi connectivity index (χ0n) is 16.8. The van der Waals surface area contributed by atoms with Gasteiger partial charge in [0.25, 0.3) is 15.9 Å². The van der Waals surface area contributed by atoms with Gasteiger partial charge >= 0.3 is 6.18 Å². The Morgan fingerprint density at radius 2 is 1.85 bits per heavy atom. The molecule has 13 heteroatoms. The summed E-state index contributed by atoms with van der Waals surface area (Å²) in [5.74, 6) is -0.370. The Hall–Kier alpha value is -2.89. The van der Waals surface area contributed by atoms with E-state index >= 15 is 0 Å². The van der Waals surface area contributed by atoms with Gasteiger partial charge in [-0.2, -0.15) is 13.2 Å². The van der Waals surface area contributed by atoms with Gasteiger partial charge < -0.3 is 0 Å². The maximum Gasteiger partial charge on any atom is 0.416 e. The molecule has 2 heterocycles. The molecule has 1 N–H and O–H groups in total. The lowest BCUT2D eigenvalue weighted by Gasteiger charge is -2.21. The van der Waals surface area contributed by atoms with E-state index < -0.39 is 37.6 Å². The maximum absolute atomic E-state index is 13.1. The van der Waals surface area contributed by atoms with Crippen molar-refractivity contribution in [3.63, 3.8) is 0 Å². The van der Waals surface area contributed by atoms with E-state index in [4.69, 9.17) is 23.2 Å². The van der Waals surface area contributed by atoms with Crippen LogP contribution < -0.4 is 9.62 Å². The second-order valence-electron chi connectivity index (χ2n) is 6.54. The monoisotopic (exact) mass is 518 g/mol. The first-order chi connectivity index (χ1) is 15.4. The third-order valence-electron chi connectivity index (χ3n) is 4.34. The van der Waals surface area contributed by atoms with Crippen LogP contribution in [0.15, 0.2) is 59.8 Å². The van der Waals surface area contributed by atoms with Gasteiger partial charge in [0.1, 0.15) is 10.7 Å². The first-order valence-corrected chi connectivity index (χ1v) is 11.5. The average Bonchev–Trinajstić information content (AvgIpc) is 2.74. The van der Waals surface area contributed by atoms with Crippen LogP contribution in [0, 0.1) is 0 Å². The van der Waals surface area contributed by atoms with E-state index in [-0.39, 0.29) is 22.9 Å². The van der Waals surface area contributed by atoms with Gasteiger partial charge in [-0.05, 0) is 43.3 Å². The van der Waals surface area contributed by atoms with Crippen LogP contribution in [-0.4, -0.2) is 30.8 Å². The third-order valence-corrected chi connectivity index (χ3v) is 6.39. The summed E-state index contributed by atoms with van der Waals surface area (Å²) in [4.78, 5) is 21.9. The largest absolute Gasteiger partial charge is 0.416 e. The number of anilines is 2. The van der Waals surface area contributed by atoms with Gasteiger partial charge in [-0.25, -0.2) is 18.4 Å². The molecule has 1 amide bonds. The van der Waals surface area contributed by atoms with Crippen molar-refractivity contribution in [3.8, 4) is 0 Å². The lowest BCUT2D eigenvalue weighted by atomic mass is 10.2. The summed E-state index contributed by atoms with van der Waals surface area (Å²) in [7, 11) is -4.51. The molecule has 0 aliphatic heterocycles. The molecule has 0 saturated carbocycles. The highest BCUT2D eigenvalue weighted by Crippen LogP contribution is 2.34. The van der Waals surface area contributed by atoms with Gasteiger partial charge in [0.2, 0.25) is 0 Å². The zero-order chi connectivity index (χ0) is 24.4. The second kappa shape index (κ2) is 9.54. The molecule has 0 aliphatic rings. The molecular weight excluding hydrogens is 504 g/mol. The van der Waals surface area contributed by atoms with E-state index in [0.29, 0.717) is 18.0 Å². The molecule has 0 bridgehead atoms. The molecule has 0 radical (unpaired) electrons. The molecule has 1 aromatic carbocycles. The number of sulfonamides is 1. The van der Waals surface area contributed by atoms with Crippen LogP contribution in [0.25, 0.3) is 0 Å². The van der Waals surface area contributed by atoms with Crippen molar-refractivity contribution < 1.29 is 26.4 Å². The highest BCUT2D eigenvalue weighted by atomic mass is 35.5. The first-order valence-electron chi connectivity index (χ1n) is 9.22. The number of benzene rings is 1. The third kappa shape index (κ3) is 5.55.